The summed E-state index contributed by atoms with van der Waals surface area (Å²) in [7, 11) is 1.57. The molecule has 1 atom stereocenters. The van der Waals surface area contributed by atoms with Crippen molar-refractivity contribution < 1.29 is 9.59 Å². The number of benzene rings is 1. The third kappa shape index (κ3) is 3.55. The smallest absolute Gasteiger partial charge is 0.276 e. The van der Waals surface area contributed by atoms with Gasteiger partial charge in [0.15, 0.2) is 5.96 Å². The number of H-pyrrole nitrogens is 1. The van der Waals surface area contributed by atoms with Gasteiger partial charge in [-0.05, 0) is 23.8 Å². The predicted molar refractivity (Wildman–Crippen MR) is 91.0 cm³/mol. The molecule has 0 aliphatic carbocycles. The highest BCUT2D eigenvalue weighted by Crippen LogP contribution is 2.27. The van der Waals surface area contributed by atoms with E-state index < -0.39 is 11.9 Å². The molecule has 0 spiro atoms. The van der Waals surface area contributed by atoms with Crippen LogP contribution in [0.5, 0.6) is 0 Å². The number of aromatic amines is 1. The number of carbonyl (C=O) groups excluding carboxylic acids is 2. The number of carbonyl (C=O) groups is 2. The quantitative estimate of drug-likeness (QED) is 0.736. The molecule has 25 heavy (non-hydrogen) atoms. The van der Waals surface area contributed by atoms with Crippen LogP contribution in [0.1, 0.15) is 28.5 Å². The van der Waals surface area contributed by atoms with Crippen molar-refractivity contribution in [3.63, 3.8) is 0 Å². The van der Waals surface area contributed by atoms with Gasteiger partial charge in [-0.15, -0.1) is 0 Å². The molecule has 2 heterocycles. The molecule has 1 unspecified atom stereocenters. The van der Waals surface area contributed by atoms with Crippen LogP contribution < -0.4 is 16.6 Å². The van der Waals surface area contributed by atoms with Crippen molar-refractivity contribution in [3.8, 4) is 0 Å². The van der Waals surface area contributed by atoms with Crippen LogP contribution in [0.3, 0.4) is 0 Å². The van der Waals surface area contributed by atoms with Crippen molar-refractivity contribution in [2.24, 2.45) is 10.7 Å². The molecular formula is C16H16N6O3. The number of nitrogens with one attached hydrogen (secondary N) is 2. The van der Waals surface area contributed by atoms with Gasteiger partial charge in [-0.25, -0.2) is 10.1 Å². The van der Waals surface area contributed by atoms with Gasteiger partial charge in [-0.2, -0.15) is 5.10 Å². The Hall–Kier alpha value is -3.49. The van der Waals surface area contributed by atoms with Gasteiger partial charge in [0, 0.05) is 18.8 Å². The first-order valence-electron chi connectivity index (χ1n) is 7.51. The minimum Gasteiger partial charge on any atom is -0.369 e. The molecule has 0 fully saturated rings. The summed E-state index contributed by atoms with van der Waals surface area (Å²) in [5.41, 5.74) is 6.73. The van der Waals surface area contributed by atoms with Crippen LogP contribution in [0.25, 0.3) is 0 Å². The Balaban J connectivity index is 1.80. The summed E-state index contributed by atoms with van der Waals surface area (Å²) in [6.45, 7) is 0. The van der Waals surface area contributed by atoms with Crippen LogP contribution in [0.2, 0.25) is 0 Å². The number of amides is 2. The molecule has 0 saturated heterocycles. The van der Waals surface area contributed by atoms with Gasteiger partial charge in [0.1, 0.15) is 5.69 Å². The summed E-state index contributed by atoms with van der Waals surface area (Å²) in [6, 6.07) is 9.15. The number of aromatic nitrogens is 2. The minimum atomic E-state index is -0.462. The molecule has 2 aromatic rings. The first kappa shape index (κ1) is 16.4. The first-order chi connectivity index (χ1) is 11.9. The Morgan fingerprint density at radius 3 is 2.80 bits per heavy atom. The maximum atomic E-state index is 12.2. The van der Waals surface area contributed by atoms with Gasteiger partial charge in [-0.3, -0.25) is 19.3 Å². The molecule has 128 valence electrons. The number of anilines is 1. The number of hydrogen-bond donors (Lipinski definition) is 3. The van der Waals surface area contributed by atoms with Crippen LogP contribution in [0.15, 0.2) is 46.2 Å². The van der Waals surface area contributed by atoms with E-state index in [1.54, 1.807) is 25.2 Å². The maximum absolute atomic E-state index is 12.2. The molecule has 0 bridgehead atoms. The molecule has 0 radical (unpaired) electrons. The molecule has 0 saturated carbocycles. The summed E-state index contributed by atoms with van der Waals surface area (Å²) < 4.78 is 0. The van der Waals surface area contributed by atoms with Crippen molar-refractivity contribution >= 4 is 23.5 Å². The lowest BCUT2D eigenvalue weighted by molar-refractivity contribution is -0.127. The van der Waals surface area contributed by atoms with Gasteiger partial charge in [0.2, 0.25) is 5.91 Å². The number of guanidine groups is 1. The zero-order valence-electron chi connectivity index (χ0n) is 13.4. The lowest BCUT2D eigenvalue weighted by Gasteiger charge is -2.25. The molecule has 9 nitrogen and oxygen atoms in total. The highest BCUT2D eigenvalue weighted by Gasteiger charge is 2.25. The third-order valence-corrected chi connectivity index (χ3v) is 3.81. The molecular weight excluding hydrogens is 324 g/mol. The van der Waals surface area contributed by atoms with E-state index >= 15 is 0 Å². The van der Waals surface area contributed by atoms with Crippen LogP contribution in [0.4, 0.5) is 5.69 Å². The van der Waals surface area contributed by atoms with Gasteiger partial charge < -0.3 is 11.1 Å². The normalized spacial score (nSPS) is 17.2. The average Bonchev–Trinajstić information content (AvgIpc) is 2.60. The van der Waals surface area contributed by atoms with Crippen LogP contribution in [-0.2, 0) is 4.79 Å². The largest absolute Gasteiger partial charge is 0.369 e. The Kier molecular flexibility index (Phi) is 4.29. The van der Waals surface area contributed by atoms with Crippen molar-refractivity contribution in [3.05, 3.63) is 58.0 Å². The topological polar surface area (TPSA) is 134 Å². The second kappa shape index (κ2) is 6.56. The zero-order valence-corrected chi connectivity index (χ0v) is 13.4. The third-order valence-electron chi connectivity index (χ3n) is 3.81. The van der Waals surface area contributed by atoms with E-state index in [2.05, 4.69) is 20.5 Å². The molecule has 3 rings (SSSR count). The lowest BCUT2D eigenvalue weighted by Crippen LogP contribution is -2.42. The fraction of sp³-hybridized carbons (Fsp3) is 0.188. The zero-order chi connectivity index (χ0) is 18.0. The fourth-order valence-corrected chi connectivity index (χ4v) is 2.40. The SMILES string of the molecule is CN1C(=O)CC(c2cccc(NC(=O)c3ccc(=O)[nH]n3)c2)N=C1N. The lowest BCUT2D eigenvalue weighted by atomic mass is 10.0. The van der Waals surface area contributed by atoms with Gasteiger partial charge in [-0.1, -0.05) is 12.1 Å². The highest BCUT2D eigenvalue weighted by molar-refractivity contribution is 6.02. The monoisotopic (exact) mass is 340 g/mol. The first-order valence-corrected chi connectivity index (χ1v) is 7.51. The Labute approximate surface area is 142 Å². The maximum Gasteiger partial charge on any atom is 0.276 e. The summed E-state index contributed by atoms with van der Waals surface area (Å²) in [5, 5.41) is 8.57. The predicted octanol–water partition coefficient (Wildman–Crippen LogP) is 0.240. The van der Waals surface area contributed by atoms with Crippen molar-refractivity contribution in [1.29, 1.82) is 0 Å². The number of rotatable bonds is 3. The molecule has 1 aliphatic heterocycles. The standard InChI is InChI=1S/C16H16N6O3/c1-22-14(24)8-12(19-16(22)17)9-3-2-4-10(7-9)18-15(25)11-5-6-13(23)21-20-11/h2-7,12H,8H2,1H3,(H2,17,19)(H,18,25)(H,21,23). The molecule has 1 aromatic heterocycles. The van der Waals surface area contributed by atoms with Crippen molar-refractivity contribution in [2.45, 2.75) is 12.5 Å². The van der Waals surface area contributed by atoms with Gasteiger partial charge in [0.05, 0.1) is 12.5 Å². The molecule has 2 amide bonds. The summed E-state index contributed by atoms with van der Waals surface area (Å²) >= 11 is 0. The van der Waals surface area contributed by atoms with E-state index in [0.29, 0.717) is 5.69 Å². The summed E-state index contributed by atoms with van der Waals surface area (Å²) in [6.07, 6.45) is 0.204. The molecule has 1 aliphatic rings. The van der Waals surface area contributed by atoms with E-state index in [1.165, 1.54) is 17.0 Å². The number of hydrogen-bond acceptors (Lipinski definition) is 6. The molecule has 9 heteroatoms. The number of nitrogens with zero attached hydrogens (tertiary/aromatic N) is 3. The van der Waals surface area contributed by atoms with E-state index in [1.807, 2.05) is 6.07 Å². The van der Waals surface area contributed by atoms with E-state index in [9.17, 15) is 14.4 Å². The number of nitrogens with two attached hydrogens (primary N) is 1. The molecule has 4 N–H and O–H groups in total. The second-order valence-electron chi connectivity index (χ2n) is 5.55. The van der Waals surface area contributed by atoms with Crippen LogP contribution in [-0.4, -0.2) is 39.9 Å². The van der Waals surface area contributed by atoms with Crippen molar-refractivity contribution in [2.75, 3.05) is 12.4 Å². The average molecular weight is 340 g/mol. The Bertz CT molecular complexity index is 900. The highest BCUT2D eigenvalue weighted by atomic mass is 16.2. The van der Waals surface area contributed by atoms with Gasteiger partial charge >= 0.3 is 0 Å². The fourth-order valence-electron chi connectivity index (χ4n) is 2.40. The minimum absolute atomic E-state index is 0.0849. The Morgan fingerprint density at radius 1 is 1.32 bits per heavy atom. The van der Waals surface area contributed by atoms with E-state index in [4.69, 9.17) is 5.73 Å². The second-order valence-corrected chi connectivity index (χ2v) is 5.55. The van der Waals surface area contributed by atoms with E-state index in [0.717, 1.165) is 5.56 Å². The summed E-state index contributed by atoms with van der Waals surface area (Å²) in [4.78, 5) is 40.7. The van der Waals surface area contributed by atoms with Gasteiger partial charge in [0.25, 0.3) is 11.5 Å². The number of aliphatic imine (C=N–C) groups is 1. The summed E-state index contributed by atoms with van der Waals surface area (Å²) in [5.74, 6) is -0.423. The van der Waals surface area contributed by atoms with Crippen LogP contribution in [0, 0.1) is 0 Å². The van der Waals surface area contributed by atoms with Crippen LogP contribution >= 0.6 is 0 Å². The Morgan fingerprint density at radius 2 is 2.12 bits per heavy atom. The molecule has 1 aromatic carbocycles. The van der Waals surface area contributed by atoms with Crippen molar-refractivity contribution in [1.82, 2.24) is 15.1 Å². The van der Waals surface area contributed by atoms with E-state index in [-0.39, 0.29) is 29.5 Å².